The van der Waals surface area contributed by atoms with Gasteiger partial charge in [-0.05, 0) is 25.1 Å². The van der Waals surface area contributed by atoms with Crippen LogP contribution in [0.1, 0.15) is 16.1 Å². The van der Waals surface area contributed by atoms with Gasteiger partial charge < -0.3 is 14.5 Å². The summed E-state index contributed by atoms with van der Waals surface area (Å²) in [6.07, 6.45) is 4.52. The van der Waals surface area contributed by atoms with Crippen LogP contribution in [-0.2, 0) is 11.2 Å². The molecule has 6 nitrogen and oxygen atoms in total. The number of aromatic nitrogens is 2. The zero-order valence-corrected chi connectivity index (χ0v) is 13.2. The van der Waals surface area contributed by atoms with E-state index in [0.717, 1.165) is 44.8 Å². The monoisotopic (exact) mass is 302 g/mol. The zero-order valence-electron chi connectivity index (χ0n) is 13.2. The predicted molar refractivity (Wildman–Crippen MR) is 84.2 cm³/mol. The Morgan fingerprint density at radius 3 is 2.77 bits per heavy atom. The van der Waals surface area contributed by atoms with Gasteiger partial charge in [-0.1, -0.05) is 6.07 Å². The maximum absolute atomic E-state index is 11.7. The molecule has 1 aliphatic rings. The molecule has 1 fully saturated rings. The van der Waals surface area contributed by atoms with E-state index in [9.17, 15) is 4.79 Å². The van der Waals surface area contributed by atoms with Gasteiger partial charge in [0.1, 0.15) is 5.65 Å². The lowest BCUT2D eigenvalue weighted by Gasteiger charge is -2.32. The third kappa shape index (κ3) is 3.13. The van der Waals surface area contributed by atoms with Crippen LogP contribution < -0.4 is 0 Å². The first-order valence-corrected chi connectivity index (χ1v) is 7.62. The van der Waals surface area contributed by atoms with Crippen LogP contribution in [0.3, 0.4) is 0 Å². The molecule has 2 aromatic heterocycles. The Morgan fingerprint density at radius 1 is 1.27 bits per heavy atom. The summed E-state index contributed by atoms with van der Waals surface area (Å²) in [6, 6.07) is 4.03. The molecule has 0 aromatic carbocycles. The highest BCUT2D eigenvalue weighted by molar-refractivity contribution is 5.88. The second-order valence-corrected chi connectivity index (χ2v) is 5.80. The maximum Gasteiger partial charge on any atom is 0.356 e. The van der Waals surface area contributed by atoms with Crippen molar-refractivity contribution in [1.29, 1.82) is 0 Å². The summed E-state index contributed by atoms with van der Waals surface area (Å²) in [5.74, 6) is -0.358. The minimum absolute atomic E-state index is 0.358. The SMILES string of the molecule is COC(=O)c1cnc2ccc(CCN3CCN(C)CC3)cn12. The highest BCUT2D eigenvalue weighted by Crippen LogP contribution is 2.11. The van der Waals surface area contributed by atoms with Gasteiger partial charge in [-0.2, -0.15) is 0 Å². The van der Waals surface area contributed by atoms with Gasteiger partial charge in [0.15, 0.2) is 5.69 Å². The normalized spacial score (nSPS) is 17.0. The van der Waals surface area contributed by atoms with Gasteiger partial charge in [-0.3, -0.25) is 4.40 Å². The molecule has 0 unspecified atom stereocenters. The fraction of sp³-hybridized carbons (Fsp3) is 0.500. The molecule has 1 aliphatic heterocycles. The molecule has 0 spiro atoms. The van der Waals surface area contributed by atoms with Crippen molar-refractivity contribution < 1.29 is 9.53 Å². The topological polar surface area (TPSA) is 50.1 Å². The predicted octanol–water partition coefficient (Wildman–Crippen LogP) is 0.911. The molecule has 22 heavy (non-hydrogen) atoms. The van der Waals surface area contributed by atoms with Gasteiger partial charge in [-0.15, -0.1) is 0 Å². The molecule has 0 radical (unpaired) electrons. The number of carbonyl (C=O) groups excluding carboxylic acids is 1. The van der Waals surface area contributed by atoms with Crippen LogP contribution in [0.15, 0.2) is 24.5 Å². The van der Waals surface area contributed by atoms with Gasteiger partial charge in [0.05, 0.1) is 13.3 Å². The number of fused-ring (bicyclic) bond motifs is 1. The molecule has 0 atom stereocenters. The van der Waals surface area contributed by atoms with Crippen molar-refractivity contribution >= 4 is 11.6 Å². The minimum atomic E-state index is -0.358. The summed E-state index contributed by atoms with van der Waals surface area (Å²) in [7, 11) is 3.55. The molecule has 0 bridgehead atoms. The standard InChI is InChI=1S/C16H22N4O2/c1-18-7-9-19(10-8-18)6-5-13-3-4-15-17-11-14(16(21)22-2)20(15)12-13/h3-4,11-12H,5-10H2,1-2H3. The molecular weight excluding hydrogens is 280 g/mol. The van der Waals surface area contributed by atoms with Gasteiger partial charge in [0.25, 0.3) is 0 Å². The zero-order chi connectivity index (χ0) is 15.5. The second-order valence-electron chi connectivity index (χ2n) is 5.80. The largest absolute Gasteiger partial charge is 0.464 e. The number of pyridine rings is 1. The minimum Gasteiger partial charge on any atom is -0.464 e. The first kappa shape index (κ1) is 15.0. The van der Waals surface area contributed by atoms with Crippen molar-refractivity contribution in [3.8, 4) is 0 Å². The number of imidazole rings is 1. The van der Waals surface area contributed by atoms with Crippen LogP contribution in [0, 0.1) is 0 Å². The van der Waals surface area contributed by atoms with Gasteiger partial charge in [0.2, 0.25) is 0 Å². The number of methoxy groups -OCH3 is 1. The second kappa shape index (κ2) is 6.46. The highest BCUT2D eigenvalue weighted by Gasteiger charge is 2.15. The van der Waals surface area contributed by atoms with Gasteiger partial charge >= 0.3 is 5.97 Å². The van der Waals surface area contributed by atoms with E-state index < -0.39 is 0 Å². The van der Waals surface area contributed by atoms with E-state index in [0.29, 0.717) is 5.69 Å². The highest BCUT2D eigenvalue weighted by atomic mass is 16.5. The van der Waals surface area contributed by atoms with Crippen molar-refractivity contribution in [1.82, 2.24) is 19.2 Å². The first-order valence-electron chi connectivity index (χ1n) is 7.62. The van der Waals surface area contributed by atoms with Crippen molar-refractivity contribution in [2.24, 2.45) is 0 Å². The number of hydrogen-bond donors (Lipinski definition) is 0. The lowest BCUT2D eigenvalue weighted by molar-refractivity contribution is 0.0593. The number of nitrogens with zero attached hydrogens (tertiary/aromatic N) is 4. The Bertz CT molecular complexity index is 659. The van der Waals surface area contributed by atoms with Crippen LogP contribution in [-0.4, -0.2) is 72.0 Å². The third-order valence-electron chi connectivity index (χ3n) is 4.27. The number of carbonyl (C=O) groups is 1. The van der Waals surface area contributed by atoms with E-state index in [1.54, 1.807) is 6.20 Å². The maximum atomic E-state index is 11.7. The lowest BCUT2D eigenvalue weighted by Crippen LogP contribution is -2.45. The summed E-state index contributed by atoms with van der Waals surface area (Å²) < 4.78 is 6.61. The average molecular weight is 302 g/mol. The van der Waals surface area contributed by atoms with E-state index in [-0.39, 0.29) is 5.97 Å². The molecular formula is C16H22N4O2. The van der Waals surface area contributed by atoms with E-state index in [4.69, 9.17) is 4.74 Å². The van der Waals surface area contributed by atoms with Crippen LogP contribution >= 0.6 is 0 Å². The molecule has 2 aromatic rings. The number of rotatable bonds is 4. The summed E-state index contributed by atoms with van der Waals surface area (Å²) in [4.78, 5) is 20.8. The average Bonchev–Trinajstić information content (AvgIpc) is 2.97. The van der Waals surface area contributed by atoms with E-state index in [2.05, 4.69) is 27.9 Å². The summed E-state index contributed by atoms with van der Waals surface area (Å²) in [5, 5.41) is 0. The fourth-order valence-corrected chi connectivity index (χ4v) is 2.79. The Hall–Kier alpha value is -1.92. The molecule has 1 saturated heterocycles. The van der Waals surface area contributed by atoms with Crippen molar-refractivity contribution in [3.63, 3.8) is 0 Å². The van der Waals surface area contributed by atoms with Crippen LogP contribution in [0.2, 0.25) is 0 Å². The van der Waals surface area contributed by atoms with Gasteiger partial charge in [0, 0.05) is 38.9 Å². The van der Waals surface area contributed by atoms with Crippen molar-refractivity contribution in [2.75, 3.05) is 46.9 Å². The molecule has 118 valence electrons. The van der Waals surface area contributed by atoms with Crippen molar-refractivity contribution in [2.45, 2.75) is 6.42 Å². The van der Waals surface area contributed by atoms with E-state index in [1.807, 2.05) is 16.7 Å². The summed E-state index contributed by atoms with van der Waals surface area (Å²) in [6.45, 7) is 5.55. The Kier molecular flexibility index (Phi) is 4.40. The first-order chi connectivity index (χ1) is 10.7. The lowest BCUT2D eigenvalue weighted by atomic mass is 10.2. The smallest absolute Gasteiger partial charge is 0.356 e. The molecule has 0 amide bonds. The fourth-order valence-electron chi connectivity index (χ4n) is 2.79. The third-order valence-corrected chi connectivity index (χ3v) is 4.27. The Morgan fingerprint density at radius 2 is 2.05 bits per heavy atom. The molecule has 0 aliphatic carbocycles. The Balaban J connectivity index is 1.70. The molecule has 6 heteroatoms. The van der Waals surface area contributed by atoms with Crippen LogP contribution in [0.5, 0.6) is 0 Å². The summed E-state index contributed by atoms with van der Waals surface area (Å²) >= 11 is 0. The van der Waals surface area contributed by atoms with Crippen LogP contribution in [0.4, 0.5) is 0 Å². The molecule has 0 N–H and O–H groups in total. The quantitative estimate of drug-likeness (QED) is 0.786. The van der Waals surface area contributed by atoms with Crippen molar-refractivity contribution in [3.05, 3.63) is 35.8 Å². The Labute approximate surface area is 130 Å². The molecule has 0 saturated carbocycles. The number of likely N-dealkylation sites (N-methyl/N-ethyl adjacent to an activating group) is 1. The number of esters is 1. The van der Waals surface area contributed by atoms with E-state index >= 15 is 0 Å². The van der Waals surface area contributed by atoms with Crippen LogP contribution in [0.25, 0.3) is 5.65 Å². The molecule has 3 heterocycles. The summed E-state index contributed by atoms with van der Waals surface area (Å²) in [5.41, 5.74) is 2.44. The van der Waals surface area contributed by atoms with E-state index in [1.165, 1.54) is 12.7 Å². The van der Waals surface area contributed by atoms with Gasteiger partial charge in [-0.25, -0.2) is 9.78 Å². The number of piperazine rings is 1. The number of ether oxygens (including phenoxy) is 1. The molecule has 3 rings (SSSR count). The number of hydrogen-bond acceptors (Lipinski definition) is 5.